The molecule has 1 heterocycles. The number of carbonyl (C=O) groups excluding carboxylic acids is 1. The average molecular weight is 398 g/mol. The topological polar surface area (TPSA) is 84.3 Å². The zero-order valence-corrected chi connectivity index (χ0v) is 16.6. The van der Waals surface area contributed by atoms with Gasteiger partial charge in [-0.2, -0.15) is 4.31 Å². The lowest BCUT2D eigenvalue weighted by atomic mass is 10.2. The zero-order chi connectivity index (χ0) is 20.1. The molecule has 0 saturated heterocycles. The summed E-state index contributed by atoms with van der Waals surface area (Å²) in [5, 5.41) is 2.75. The first kappa shape index (κ1) is 19.8. The van der Waals surface area contributed by atoms with Gasteiger partial charge in [-0.05, 0) is 36.8 Å². The summed E-state index contributed by atoms with van der Waals surface area (Å²) in [5.41, 5.74) is 2.86. The highest BCUT2D eigenvalue weighted by atomic mass is 32.2. The fraction of sp³-hybridized carbons (Fsp3) is 0.200. The number of aryl methyl sites for hydroxylation is 1. The molecule has 146 valence electrons. The van der Waals surface area contributed by atoms with E-state index >= 15 is 0 Å². The van der Waals surface area contributed by atoms with E-state index in [9.17, 15) is 13.2 Å². The van der Waals surface area contributed by atoms with Crippen molar-refractivity contribution in [1.29, 1.82) is 0 Å². The fourth-order valence-corrected chi connectivity index (χ4v) is 3.76. The molecule has 3 rings (SSSR count). The Hall–Kier alpha value is -2.97. The van der Waals surface area contributed by atoms with Gasteiger partial charge in [0.25, 0.3) is 0 Å². The van der Waals surface area contributed by atoms with Gasteiger partial charge in [-0.25, -0.2) is 13.4 Å². The second-order valence-electron chi connectivity index (χ2n) is 6.49. The van der Waals surface area contributed by atoms with Crippen molar-refractivity contribution in [3.05, 3.63) is 78.4 Å². The average Bonchev–Trinajstić information content (AvgIpc) is 3.22. The van der Waals surface area contributed by atoms with Crippen LogP contribution >= 0.6 is 0 Å². The van der Waals surface area contributed by atoms with E-state index in [0.717, 1.165) is 21.1 Å². The van der Waals surface area contributed by atoms with E-state index < -0.39 is 10.0 Å². The van der Waals surface area contributed by atoms with Gasteiger partial charge >= 0.3 is 0 Å². The number of likely N-dealkylation sites (N-methyl/N-ethyl adjacent to an activating group) is 1. The molecule has 0 bridgehead atoms. The van der Waals surface area contributed by atoms with E-state index in [1.54, 1.807) is 36.8 Å². The Morgan fingerprint density at radius 1 is 1.11 bits per heavy atom. The van der Waals surface area contributed by atoms with Crippen molar-refractivity contribution in [2.75, 3.05) is 13.6 Å². The largest absolute Gasteiger partial charge is 0.351 e. The van der Waals surface area contributed by atoms with Gasteiger partial charge in [0.05, 0.1) is 17.8 Å². The number of rotatable bonds is 7. The Morgan fingerprint density at radius 3 is 2.39 bits per heavy atom. The molecule has 0 saturated carbocycles. The third-order valence-corrected chi connectivity index (χ3v) is 6.14. The van der Waals surface area contributed by atoms with E-state index in [1.807, 2.05) is 42.0 Å². The maximum Gasteiger partial charge on any atom is 0.243 e. The van der Waals surface area contributed by atoms with Crippen molar-refractivity contribution in [3.8, 4) is 5.69 Å². The highest BCUT2D eigenvalue weighted by Crippen LogP contribution is 2.15. The molecule has 1 amide bonds. The normalized spacial score (nSPS) is 11.5. The minimum Gasteiger partial charge on any atom is -0.351 e. The molecular weight excluding hydrogens is 376 g/mol. The Morgan fingerprint density at radius 2 is 1.79 bits per heavy atom. The van der Waals surface area contributed by atoms with Gasteiger partial charge in [-0.3, -0.25) is 4.79 Å². The summed E-state index contributed by atoms with van der Waals surface area (Å²) in [5.74, 6) is -0.364. The number of nitrogens with one attached hydrogen (secondary N) is 1. The van der Waals surface area contributed by atoms with Crippen LogP contribution in [0.2, 0.25) is 0 Å². The van der Waals surface area contributed by atoms with E-state index in [1.165, 1.54) is 7.05 Å². The van der Waals surface area contributed by atoms with Crippen molar-refractivity contribution in [2.45, 2.75) is 18.4 Å². The number of hydrogen-bond donors (Lipinski definition) is 1. The summed E-state index contributed by atoms with van der Waals surface area (Å²) in [6.45, 7) is 1.96. The SMILES string of the molecule is Cc1ccc(S(=O)(=O)N(C)CC(=O)NCc2ccc(-n3ccnc3)cc2)cc1. The number of amides is 1. The van der Waals surface area contributed by atoms with Gasteiger partial charge in [0.1, 0.15) is 0 Å². The molecule has 0 aliphatic carbocycles. The van der Waals surface area contributed by atoms with E-state index in [0.29, 0.717) is 6.54 Å². The van der Waals surface area contributed by atoms with Crippen LogP contribution < -0.4 is 5.32 Å². The minimum atomic E-state index is -3.70. The van der Waals surface area contributed by atoms with Crippen molar-refractivity contribution < 1.29 is 13.2 Å². The molecule has 0 radical (unpaired) electrons. The summed E-state index contributed by atoms with van der Waals surface area (Å²) in [6.07, 6.45) is 5.26. The molecule has 0 aliphatic rings. The molecule has 1 aromatic heterocycles. The summed E-state index contributed by atoms with van der Waals surface area (Å²) in [4.78, 5) is 16.4. The van der Waals surface area contributed by atoms with E-state index in [2.05, 4.69) is 10.3 Å². The number of hydrogen-bond acceptors (Lipinski definition) is 4. The van der Waals surface area contributed by atoms with E-state index in [4.69, 9.17) is 0 Å². The highest BCUT2D eigenvalue weighted by molar-refractivity contribution is 7.89. The van der Waals surface area contributed by atoms with Crippen LogP contribution in [0, 0.1) is 6.92 Å². The second kappa shape index (κ2) is 8.37. The number of carbonyl (C=O) groups is 1. The van der Waals surface area contributed by atoms with Crippen molar-refractivity contribution in [1.82, 2.24) is 19.2 Å². The van der Waals surface area contributed by atoms with Gasteiger partial charge < -0.3 is 9.88 Å². The maximum atomic E-state index is 12.5. The molecule has 0 fully saturated rings. The molecular formula is C20H22N4O3S. The Labute approximate surface area is 164 Å². The molecule has 28 heavy (non-hydrogen) atoms. The number of benzene rings is 2. The molecule has 0 atom stereocenters. The third-order valence-electron chi connectivity index (χ3n) is 4.32. The number of sulfonamides is 1. The van der Waals surface area contributed by atoms with Gasteiger partial charge in [0.2, 0.25) is 15.9 Å². The number of aromatic nitrogens is 2. The predicted octanol–water partition coefficient (Wildman–Crippen LogP) is 2.12. The van der Waals surface area contributed by atoms with Gasteiger partial charge in [0, 0.05) is 31.7 Å². The lowest BCUT2D eigenvalue weighted by Gasteiger charge is -2.17. The molecule has 2 aromatic carbocycles. The molecule has 1 N–H and O–H groups in total. The zero-order valence-electron chi connectivity index (χ0n) is 15.7. The first-order chi connectivity index (χ1) is 13.4. The van der Waals surface area contributed by atoms with Gasteiger partial charge in [0.15, 0.2) is 0 Å². The lowest BCUT2D eigenvalue weighted by Crippen LogP contribution is -2.38. The van der Waals surface area contributed by atoms with Gasteiger partial charge in [-0.15, -0.1) is 0 Å². The fourth-order valence-electron chi connectivity index (χ4n) is 2.63. The molecule has 0 aliphatic heterocycles. The summed E-state index contributed by atoms with van der Waals surface area (Å²) < 4.78 is 28.0. The van der Waals surface area contributed by atoms with Crippen LogP contribution in [-0.4, -0.2) is 41.8 Å². The minimum absolute atomic E-state index is 0.170. The quantitative estimate of drug-likeness (QED) is 0.661. The first-order valence-electron chi connectivity index (χ1n) is 8.73. The Kier molecular flexibility index (Phi) is 5.91. The lowest BCUT2D eigenvalue weighted by molar-refractivity contribution is -0.121. The molecule has 8 heteroatoms. The second-order valence-corrected chi connectivity index (χ2v) is 8.53. The third kappa shape index (κ3) is 4.65. The van der Waals surface area contributed by atoms with Crippen molar-refractivity contribution in [3.63, 3.8) is 0 Å². The monoisotopic (exact) mass is 398 g/mol. The van der Waals surface area contributed by atoms with Crippen molar-refractivity contribution in [2.24, 2.45) is 0 Å². The predicted molar refractivity (Wildman–Crippen MR) is 106 cm³/mol. The summed E-state index contributed by atoms with van der Waals surface area (Å²) >= 11 is 0. The maximum absolute atomic E-state index is 12.5. The van der Waals surface area contributed by atoms with E-state index in [-0.39, 0.29) is 17.3 Å². The van der Waals surface area contributed by atoms with Crippen LogP contribution in [0.4, 0.5) is 0 Å². The first-order valence-corrected chi connectivity index (χ1v) is 10.2. The van der Waals surface area contributed by atoms with Crippen LogP contribution in [-0.2, 0) is 21.4 Å². The number of nitrogens with zero attached hydrogens (tertiary/aromatic N) is 3. The molecule has 3 aromatic rings. The Bertz CT molecular complexity index is 1030. The summed E-state index contributed by atoms with van der Waals surface area (Å²) in [7, 11) is -2.30. The van der Waals surface area contributed by atoms with Crippen LogP contribution in [0.5, 0.6) is 0 Å². The Balaban J connectivity index is 1.55. The standard InChI is InChI=1S/C20H22N4O3S/c1-16-3-9-19(10-4-16)28(26,27)23(2)14-20(25)22-13-17-5-7-18(8-6-17)24-12-11-21-15-24/h3-12,15H,13-14H2,1-2H3,(H,22,25). The van der Waals surface area contributed by atoms with Crippen LogP contribution in [0.25, 0.3) is 5.69 Å². The van der Waals surface area contributed by atoms with Crippen LogP contribution in [0.1, 0.15) is 11.1 Å². The summed E-state index contributed by atoms with van der Waals surface area (Å²) in [6, 6.07) is 14.2. The molecule has 0 spiro atoms. The van der Waals surface area contributed by atoms with Crippen molar-refractivity contribution >= 4 is 15.9 Å². The molecule has 7 nitrogen and oxygen atoms in total. The van der Waals surface area contributed by atoms with Crippen LogP contribution in [0.15, 0.2) is 72.1 Å². The highest BCUT2D eigenvalue weighted by Gasteiger charge is 2.22. The van der Waals surface area contributed by atoms with Crippen LogP contribution in [0.3, 0.4) is 0 Å². The van der Waals surface area contributed by atoms with Gasteiger partial charge in [-0.1, -0.05) is 29.8 Å². The molecule has 0 unspecified atom stereocenters. The number of imidazole rings is 1. The smallest absolute Gasteiger partial charge is 0.243 e.